The third-order valence-corrected chi connectivity index (χ3v) is 5.05. The van der Waals surface area contributed by atoms with Crippen LogP contribution < -0.4 is 0 Å². The van der Waals surface area contributed by atoms with Crippen molar-refractivity contribution in [3.63, 3.8) is 0 Å². The molecule has 7 nitrogen and oxygen atoms in total. The summed E-state index contributed by atoms with van der Waals surface area (Å²) in [5.41, 5.74) is 0.579. The van der Waals surface area contributed by atoms with Crippen molar-refractivity contribution >= 4 is 0 Å². The lowest BCUT2D eigenvalue weighted by molar-refractivity contribution is 0.111. The average Bonchev–Trinajstić information content (AvgIpc) is 3.38. The first-order valence-corrected chi connectivity index (χ1v) is 9.36. The molecule has 146 valence electrons. The van der Waals surface area contributed by atoms with Gasteiger partial charge < -0.3 is 4.42 Å². The highest BCUT2D eigenvalue weighted by molar-refractivity contribution is 5.27. The number of nitrogens with zero attached hydrogens (tertiary/aromatic N) is 6. The Bertz CT molecular complexity index is 901. The molecule has 4 rings (SSSR count). The Balaban J connectivity index is 1.66. The lowest BCUT2D eigenvalue weighted by Gasteiger charge is -2.38. The molecule has 1 aliphatic heterocycles. The van der Waals surface area contributed by atoms with Crippen LogP contribution in [0.15, 0.2) is 59.7 Å². The quantitative estimate of drug-likeness (QED) is 0.585. The maximum absolute atomic E-state index is 14.7. The van der Waals surface area contributed by atoms with E-state index in [9.17, 15) is 4.39 Å². The standard InChI is InChI=1S/C20H23FN6O/c1-2-9-25-10-12-26(13-11-25)19(17-7-3-4-8-18(17)21)20-22-23-24-27(20)15-16-6-5-14-28-16/h2-8,14,19H,1,9-13,15H2/t19-/m0/s1. The van der Waals surface area contributed by atoms with Gasteiger partial charge in [-0.3, -0.25) is 9.80 Å². The Morgan fingerprint density at radius 2 is 1.96 bits per heavy atom. The molecule has 0 unspecified atom stereocenters. The number of aromatic nitrogens is 4. The SMILES string of the molecule is C=CCN1CCN([C@@H](c2ccccc2F)c2nnnn2Cc2ccco2)CC1. The van der Waals surface area contributed by atoms with Crippen LogP contribution in [0.25, 0.3) is 0 Å². The largest absolute Gasteiger partial charge is 0.467 e. The zero-order chi connectivity index (χ0) is 19.3. The van der Waals surface area contributed by atoms with E-state index in [0.717, 1.165) is 38.5 Å². The molecule has 0 amide bonds. The van der Waals surface area contributed by atoms with E-state index in [1.54, 1.807) is 17.0 Å². The average molecular weight is 382 g/mol. The number of hydrogen-bond donors (Lipinski definition) is 0. The van der Waals surface area contributed by atoms with Crippen LogP contribution >= 0.6 is 0 Å². The van der Waals surface area contributed by atoms with Crippen LogP contribution in [0.5, 0.6) is 0 Å². The Morgan fingerprint density at radius 3 is 2.68 bits per heavy atom. The molecule has 1 aromatic carbocycles. The summed E-state index contributed by atoms with van der Waals surface area (Å²) in [6.07, 6.45) is 3.53. The molecule has 1 aliphatic rings. The maximum atomic E-state index is 14.7. The lowest BCUT2D eigenvalue weighted by atomic mass is 10.0. The number of tetrazole rings is 1. The van der Waals surface area contributed by atoms with Crippen molar-refractivity contribution < 1.29 is 8.81 Å². The van der Waals surface area contributed by atoms with E-state index in [2.05, 4.69) is 31.9 Å². The minimum atomic E-state index is -0.364. The third-order valence-electron chi connectivity index (χ3n) is 5.05. The Morgan fingerprint density at radius 1 is 1.14 bits per heavy atom. The topological polar surface area (TPSA) is 63.2 Å². The van der Waals surface area contributed by atoms with Gasteiger partial charge >= 0.3 is 0 Å². The van der Waals surface area contributed by atoms with Crippen LogP contribution in [0.2, 0.25) is 0 Å². The summed E-state index contributed by atoms with van der Waals surface area (Å²) >= 11 is 0. The predicted octanol–water partition coefficient (Wildman–Crippen LogP) is 2.35. The fourth-order valence-electron chi connectivity index (χ4n) is 3.65. The first-order valence-electron chi connectivity index (χ1n) is 9.36. The van der Waals surface area contributed by atoms with Gasteiger partial charge in [0, 0.05) is 38.3 Å². The van der Waals surface area contributed by atoms with Crippen LogP contribution in [-0.4, -0.2) is 62.7 Å². The van der Waals surface area contributed by atoms with Gasteiger partial charge in [-0.1, -0.05) is 24.3 Å². The van der Waals surface area contributed by atoms with Gasteiger partial charge in [0.2, 0.25) is 0 Å². The molecule has 0 radical (unpaired) electrons. The monoisotopic (exact) mass is 382 g/mol. The van der Waals surface area contributed by atoms with Gasteiger partial charge in [-0.05, 0) is 28.6 Å². The van der Waals surface area contributed by atoms with Crippen molar-refractivity contribution in [3.8, 4) is 0 Å². The summed E-state index contributed by atoms with van der Waals surface area (Å²) in [6.45, 7) is 8.42. The summed E-state index contributed by atoms with van der Waals surface area (Å²) in [5, 5.41) is 12.3. The second kappa shape index (κ2) is 8.45. The van der Waals surface area contributed by atoms with Crippen molar-refractivity contribution in [3.05, 3.63) is 78.3 Å². The van der Waals surface area contributed by atoms with Crippen LogP contribution in [0.3, 0.4) is 0 Å². The molecule has 3 aromatic rings. The number of piperazine rings is 1. The molecule has 3 heterocycles. The molecular formula is C20H23FN6O. The minimum Gasteiger partial charge on any atom is -0.467 e. The molecule has 0 bridgehead atoms. The Kier molecular flexibility index (Phi) is 5.59. The van der Waals surface area contributed by atoms with Crippen molar-refractivity contribution in [2.75, 3.05) is 32.7 Å². The molecule has 0 spiro atoms. The molecular weight excluding hydrogens is 359 g/mol. The first-order chi connectivity index (χ1) is 13.8. The molecule has 0 aliphatic carbocycles. The van der Waals surface area contributed by atoms with Gasteiger partial charge in [-0.2, -0.15) is 0 Å². The van der Waals surface area contributed by atoms with E-state index >= 15 is 0 Å². The summed E-state index contributed by atoms with van der Waals surface area (Å²) in [5.74, 6) is 1.10. The molecule has 2 aromatic heterocycles. The van der Waals surface area contributed by atoms with Gasteiger partial charge in [0.15, 0.2) is 5.82 Å². The second-order valence-electron chi connectivity index (χ2n) is 6.82. The normalized spacial score (nSPS) is 16.9. The molecule has 1 atom stereocenters. The molecule has 8 heteroatoms. The maximum Gasteiger partial charge on any atom is 0.173 e. The van der Waals surface area contributed by atoms with E-state index in [1.165, 1.54) is 6.07 Å². The van der Waals surface area contributed by atoms with Crippen LogP contribution in [0.1, 0.15) is 23.2 Å². The summed E-state index contributed by atoms with van der Waals surface area (Å²) in [7, 11) is 0. The highest BCUT2D eigenvalue weighted by Crippen LogP contribution is 2.30. The molecule has 0 N–H and O–H groups in total. The number of halogens is 1. The smallest absolute Gasteiger partial charge is 0.173 e. The lowest BCUT2D eigenvalue weighted by Crippen LogP contribution is -2.48. The van der Waals surface area contributed by atoms with E-state index in [0.29, 0.717) is 17.9 Å². The number of furan rings is 1. The molecule has 28 heavy (non-hydrogen) atoms. The van der Waals surface area contributed by atoms with Crippen molar-refractivity contribution in [2.45, 2.75) is 12.6 Å². The summed E-state index contributed by atoms with van der Waals surface area (Å²) < 4.78 is 21.9. The van der Waals surface area contributed by atoms with Gasteiger partial charge in [-0.25, -0.2) is 9.07 Å². The second-order valence-corrected chi connectivity index (χ2v) is 6.82. The van der Waals surface area contributed by atoms with Crippen LogP contribution in [0.4, 0.5) is 4.39 Å². The minimum absolute atomic E-state index is 0.256. The first kappa shape index (κ1) is 18.5. The van der Waals surface area contributed by atoms with Crippen molar-refractivity contribution in [1.29, 1.82) is 0 Å². The fourth-order valence-corrected chi connectivity index (χ4v) is 3.65. The van der Waals surface area contributed by atoms with Gasteiger partial charge in [-0.15, -0.1) is 11.7 Å². The van der Waals surface area contributed by atoms with Gasteiger partial charge in [0.1, 0.15) is 24.2 Å². The van der Waals surface area contributed by atoms with Gasteiger partial charge in [0.05, 0.1) is 6.26 Å². The Labute approximate surface area is 163 Å². The highest BCUT2D eigenvalue weighted by atomic mass is 19.1. The van der Waals surface area contributed by atoms with E-state index in [-0.39, 0.29) is 11.9 Å². The number of benzene rings is 1. The predicted molar refractivity (Wildman–Crippen MR) is 102 cm³/mol. The third kappa shape index (κ3) is 3.88. The van der Waals surface area contributed by atoms with Crippen LogP contribution in [-0.2, 0) is 6.54 Å². The zero-order valence-corrected chi connectivity index (χ0v) is 15.6. The van der Waals surface area contributed by atoms with Crippen molar-refractivity contribution in [2.24, 2.45) is 0 Å². The summed E-state index contributed by atoms with van der Waals surface area (Å²) in [6, 6.07) is 10.2. The zero-order valence-electron chi connectivity index (χ0n) is 15.6. The number of rotatable bonds is 7. The van der Waals surface area contributed by atoms with Gasteiger partial charge in [0.25, 0.3) is 0 Å². The summed E-state index contributed by atoms with van der Waals surface area (Å²) in [4.78, 5) is 4.57. The van der Waals surface area contributed by atoms with E-state index in [1.807, 2.05) is 30.3 Å². The highest BCUT2D eigenvalue weighted by Gasteiger charge is 2.32. The molecule has 0 saturated carbocycles. The van der Waals surface area contributed by atoms with E-state index < -0.39 is 0 Å². The van der Waals surface area contributed by atoms with Crippen LogP contribution in [0, 0.1) is 5.82 Å². The molecule has 1 fully saturated rings. The number of hydrogen-bond acceptors (Lipinski definition) is 6. The fraction of sp³-hybridized carbons (Fsp3) is 0.350. The van der Waals surface area contributed by atoms with Crippen molar-refractivity contribution in [1.82, 2.24) is 30.0 Å². The Hall–Kier alpha value is -2.84. The molecule has 1 saturated heterocycles. The van der Waals surface area contributed by atoms with E-state index in [4.69, 9.17) is 4.42 Å².